The maximum atomic E-state index is 10.8. The van der Waals surface area contributed by atoms with Gasteiger partial charge in [0.05, 0.1) is 6.61 Å². The number of Topliss-reactive ketones (excluding diaryl/α,β-unsaturated/α-hetero) is 1. The maximum Gasteiger partial charge on any atom is 0.163 e. The summed E-state index contributed by atoms with van der Waals surface area (Å²) < 4.78 is 0. The summed E-state index contributed by atoms with van der Waals surface area (Å²) in [6.45, 7) is 6.70. The highest BCUT2D eigenvalue weighted by atomic mass is 16.3. The van der Waals surface area contributed by atoms with Gasteiger partial charge in [-0.05, 0) is 12.5 Å². The number of carbonyl (C=O) groups is 1. The van der Waals surface area contributed by atoms with Crippen molar-refractivity contribution in [3.63, 3.8) is 0 Å². The number of carbonyl (C=O) groups excluding carboxylic acids is 1. The van der Waals surface area contributed by atoms with Crippen LogP contribution in [0.3, 0.4) is 0 Å². The third-order valence-corrected chi connectivity index (χ3v) is 1.14. The Hall–Kier alpha value is -0.630. The summed E-state index contributed by atoms with van der Waals surface area (Å²) in [5.74, 6) is -0.347. The molecule has 52 valence electrons. The Labute approximate surface area is 55.2 Å². The summed E-state index contributed by atoms with van der Waals surface area (Å²) in [5.41, 5.74) is 0.511. The molecule has 1 N–H and O–H groups in total. The van der Waals surface area contributed by atoms with Crippen molar-refractivity contribution in [1.82, 2.24) is 0 Å². The Balaban J connectivity index is 3.88. The van der Waals surface area contributed by atoms with Crippen LogP contribution in [0.5, 0.6) is 0 Å². The minimum Gasteiger partial charge on any atom is -0.396 e. The average Bonchev–Trinajstić information content (AvgIpc) is 1.84. The highest BCUT2D eigenvalue weighted by Gasteiger charge is 2.10. The van der Waals surface area contributed by atoms with Crippen molar-refractivity contribution >= 4 is 5.78 Å². The van der Waals surface area contributed by atoms with Crippen LogP contribution in [-0.2, 0) is 4.79 Å². The molecule has 0 aliphatic rings. The standard InChI is InChI=1S/C7H12O2/c1-5(2)7(9)6(3)4-8/h6,8H,1,4H2,2-3H3/t6-/m1/s1. The van der Waals surface area contributed by atoms with Crippen LogP contribution in [0.25, 0.3) is 0 Å². The lowest BCUT2D eigenvalue weighted by Crippen LogP contribution is -2.14. The molecule has 0 aromatic carbocycles. The Morgan fingerprint density at radius 1 is 1.78 bits per heavy atom. The van der Waals surface area contributed by atoms with E-state index in [0.29, 0.717) is 5.57 Å². The van der Waals surface area contributed by atoms with Crippen LogP contribution >= 0.6 is 0 Å². The van der Waals surface area contributed by atoms with E-state index >= 15 is 0 Å². The molecule has 0 spiro atoms. The monoisotopic (exact) mass is 128 g/mol. The van der Waals surface area contributed by atoms with Gasteiger partial charge in [-0.3, -0.25) is 4.79 Å². The fraction of sp³-hybridized carbons (Fsp3) is 0.571. The third kappa shape index (κ3) is 2.42. The molecular weight excluding hydrogens is 116 g/mol. The molecule has 1 atom stereocenters. The van der Waals surface area contributed by atoms with Crippen molar-refractivity contribution in [1.29, 1.82) is 0 Å². The zero-order valence-electron chi connectivity index (χ0n) is 5.85. The SMILES string of the molecule is C=C(C)C(=O)[C@H](C)CO. The predicted octanol–water partition coefficient (Wildman–Crippen LogP) is 0.760. The Bertz CT molecular complexity index is 127. The smallest absolute Gasteiger partial charge is 0.163 e. The molecule has 0 radical (unpaired) electrons. The van der Waals surface area contributed by atoms with E-state index in [1.165, 1.54) is 0 Å². The molecule has 0 saturated heterocycles. The number of rotatable bonds is 3. The Kier molecular flexibility index (Phi) is 3.17. The normalized spacial score (nSPS) is 12.8. The summed E-state index contributed by atoms with van der Waals surface area (Å²) in [6, 6.07) is 0. The van der Waals surface area contributed by atoms with Crippen molar-refractivity contribution in [3.8, 4) is 0 Å². The second-order valence-electron chi connectivity index (χ2n) is 2.23. The zero-order chi connectivity index (χ0) is 7.44. The minimum atomic E-state index is -0.289. The number of hydrogen-bond donors (Lipinski definition) is 1. The van der Waals surface area contributed by atoms with E-state index in [1.54, 1.807) is 13.8 Å². The van der Waals surface area contributed by atoms with Crippen LogP contribution in [0.1, 0.15) is 13.8 Å². The second kappa shape index (κ2) is 3.41. The van der Waals surface area contributed by atoms with Gasteiger partial charge in [0, 0.05) is 5.92 Å². The largest absolute Gasteiger partial charge is 0.396 e. The molecule has 0 bridgehead atoms. The van der Waals surface area contributed by atoms with Gasteiger partial charge in [-0.2, -0.15) is 0 Å². The van der Waals surface area contributed by atoms with E-state index < -0.39 is 0 Å². The van der Waals surface area contributed by atoms with E-state index in [0.717, 1.165) is 0 Å². The lowest BCUT2D eigenvalue weighted by Gasteiger charge is -2.03. The molecule has 0 unspecified atom stereocenters. The topological polar surface area (TPSA) is 37.3 Å². The van der Waals surface area contributed by atoms with Gasteiger partial charge in [0.1, 0.15) is 0 Å². The highest BCUT2D eigenvalue weighted by Crippen LogP contribution is 2.01. The molecule has 0 saturated carbocycles. The molecule has 0 aromatic rings. The van der Waals surface area contributed by atoms with Crippen LogP contribution in [0.15, 0.2) is 12.2 Å². The molecule has 0 heterocycles. The van der Waals surface area contributed by atoms with Crippen molar-refractivity contribution in [2.24, 2.45) is 5.92 Å². The molecule has 0 amide bonds. The van der Waals surface area contributed by atoms with Crippen LogP contribution in [-0.4, -0.2) is 17.5 Å². The minimum absolute atomic E-state index is 0.0579. The van der Waals surface area contributed by atoms with Gasteiger partial charge in [0.25, 0.3) is 0 Å². The molecule has 9 heavy (non-hydrogen) atoms. The molecule has 2 nitrogen and oxygen atoms in total. The van der Waals surface area contributed by atoms with E-state index in [1.807, 2.05) is 0 Å². The van der Waals surface area contributed by atoms with Crippen molar-refractivity contribution in [2.75, 3.05) is 6.61 Å². The Morgan fingerprint density at radius 3 is 2.33 bits per heavy atom. The lowest BCUT2D eigenvalue weighted by molar-refractivity contribution is -0.119. The maximum absolute atomic E-state index is 10.8. The molecule has 0 fully saturated rings. The molecule has 0 aliphatic heterocycles. The fourth-order valence-corrected chi connectivity index (χ4v) is 0.504. The van der Waals surface area contributed by atoms with Gasteiger partial charge in [0.2, 0.25) is 0 Å². The number of aliphatic hydroxyl groups is 1. The quantitative estimate of drug-likeness (QED) is 0.570. The van der Waals surface area contributed by atoms with E-state index in [2.05, 4.69) is 6.58 Å². The highest BCUT2D eigenvalue weighted by molar-refractivity contribution is 5.95. The van der Waals surface area contributed by atoms with Gasteiger partial charge in [-0.25, -0.2) is 0 Å². The van der Waals surface area contributed by atoms with Gasteiger partial charge >= 0.3 is 0 Å². The first-order chi connectivity index (χ1) is 4.09. The van der Waals surface area contributed by atoms with Crippen LogP contribution in [0, 0.1) is 5.92 Å². The van der Waals surface area contributed by atoms with Gasteiger partial charge in [-0.1, -0.05) is 13.5 Å². The number of ketones is 1. The van der Waals surface area contributed by atoms with E-state index in [-0.39, 0.29) is 18.3 Å². The first kappa shape index (κ1) is 8.37. The van der Waals surface area contributed by atoms with Crippen LogP contribution in [0.2, 0.25) is 0 Å². The second-order valence-corrected chi connectivity index (χ2v) is 2.23. The summed E-state index contributed by atoms with van der Waals surface area (Å²) in [4.78, 5) is 10.8. The van der Waals surface area contributed by atoms with Gasteiger partial charge < -0.3 is 5.11 Å². The third-order valence-electron chi connectivity index (χ3n) is 1.14. The first-order valence-corrected chi connectivity index (χ1v) is 2.90. The van der Waals surface area contributed by atoms with Crippen LogP contribution < -0.4 is 0 Å². The summed E-state index contributed by atoms with van der Waals surface area (Å²) in [6.07, 6.45) is 0. The summed E-state index contributed by atoms with van der Waals surface area (Å²) in [5, 5.41) is 8.49. The molecule has 0 aromatic heterocycles. The first-order valence-electron chi connectivity index (χ1n) is 2.90. The van der Waals surface area contributed by atoms with Gasteiger partial charge in [0.15, 0.2) is 5.78 Å². The average molecular weight is 128 g/mol. The molecule has 0 rings (SSSR count). The fourth-order valence-electron chi connectivity index (χ4n) is 0.504. The van der Waals surface area contributed by atoms with E-state index in [4.69, 9.17) is 5.11 Å². The number of aliphatic hydroxyl groups excluding tert-OH is 1. The predicted molar refractivity (Wildman–Crippen MR) is 36.1 cm³/mol. The number of allylic oxidation sites excluding steroid dienone is 1. The van der Waals surface area contributed by atoms with Crippen molar-refractivity contribution < 1.29 is 9.90 Å². The van der Waals surface area contributed by atoms with Crippen molar-refractivity contribution in [2.45, 2.75) is 13.8 Å². The van der Waals surface area contributed by atoms with E-state index in [9.17, 15) is 4.79 Å². The summed E-state index contributed by atoms with van der Waals surface area (Å²) >= 11 is 0. The molecule has 0 aliphatic carbocycles. The van der Waals surface area contributed by atoms with Crippen LogP contribution in [0.4, 0.5) is 0 Å². The molecule has 2 heteroatoms. The Morgan fingerprint density at radius 2 is 2.22 bits per heavy atom. The summed E-state index contributed by atoms with van der Waals surface area (Å²) in [7, 11) is 0. The van der Waals surface area contributed by atoms with Crippen molar-refractivity contribution in [3.05, 3.63) is 12.2 Å². The number of hydrogen-bond acceptors (Lipinski definition) is 2. The zero-order valence-corrected chi connectivity index (χ0v) is 5.85. The lowest BCUT2D eigenvalue weighted by atomic mass is 10.0. The van der Waals surface area contributed by atoms with Gasteiger partial charge in [-0.15, -0.1) is 0 Å². The molecular formula is C7H12O2.